The number of hydrogen-bond donors (Lipinski definition) is 0. The number of rotatable bonds is 6. The van der Waals surface area contributed by atoms with Crippen molar-refractivity contribution < 1.29 is 23.9 Å². The topological polar surface area (TPSA) is 69.7 Å². The quantitative estimate of drug-likeness (QED) is 0.533. The lowest BCUT2D eigenvalue weighted by Gasteiger charge is -2.24. The molecule has 1 aliphatic rings. The number of ketones is 1. The second kappa shape index (κ2) is 6.52. The molecule has 5 heteroatoms. The first-order chi connectivity index (χ1) is 8.56. The molecule has 0 aromatic carbocycles. The molecule has 0 saturated heterocycles. The molecule has 1 atom stereocenters. The molecular formula is C13H20O5. The van der Waals surface area contributed by atoms with Crippen LogP contribution >= 0.6 is 0 Å². The normalized spacial score (nSPS) is 22.9. The van der Waals surface area contributed by atoms with Crippen molar-refractivity contribution in [3.8, 4) is 0 Å². The van der Waals surface area contributed by atoms with Crippen LogP contribution in [-0.2, 0) is 23.9 Å². The fourth-order valence-electron chi connectivity index (χ4n) is 2.42. The average molecular weight is 256 g/mol. The fourth-order valence-corrected chi connectivity index (χ4v) is 2.42. The van der Waals surface area contributed by atoms with E-state index in [1.54, 1.807) is 6.92 Å². The molecule has 102 valence electrons. The molecule has 1 rings (SSSR count). The van der Waals surface area contributed by atoms with Gasteiger partial charge >= 0.3 is 11.9 Å². The Morgan fingerprint density at radius 3 is 2.61 bits per heavy atom. The number of carbonyl (C=O) groups excluding carboxylic acids is 3. The Kier molecular flexibility index (Phi) is 5.31. The van der Waals surface area contributed by atoms with Crippen LogP contribution in [-0.4, -0.2) is 31.4 Å². The van der Waals surface area contributed by atoms with Gasteiger partial charge in [-0.2, -0.15) is 0 Å². The zero-order valence-electron chi connectivity index (χ0n) is 11.0. The average Bonchev–Trinajstić information content (AvgIpc) is 2.72. The Labute approximate surface area is 107 Å². The predicted octanol–water partition coefficient (Wildman–Crippen LogP) is 1.63. The van der Waals surface area contributed by atoms with Crippen LogP contribution in [0.3, 0.4) is 0 Å². The highest BCUT2D eigenvalue weighted by Crippen LogP contribution is 2.40. The first-order valence-electron chi connectivity index (χ1n) is 6.34. The third kappa shape index (κ3) is 3.09. The smallest absolute Gasteiger partial charge is 0.319 e. The van der Waals surface area contributed by atoms with Crippen molar-refractivity contribution in [2.24, 2.45) is 5.41 Å². The Bertz CT molecular complexity index is 336. The molecule has 0 aromatic heterocycles. The second-order valence-corrected chi connectivity index (χ2v) is 4.51. The number of methoxy groups -OCH3 is 1. The lowest BCUT2D eigenvalue weighted by atomic mass is 9.80. The monoisotopic (exact) mass is 256 g/mol. The molecule has 0 aliphatic heterocycles. The van der Waals surface area contributed by atoms with Gasteiger partial charge in [0.15, 0.2) is 0 Å². The van der Waals surface area contributed by atoms with Crippen LogP contribution in [0.25, 0.3) is 0 Å². The van der Waals surface area contributed by atoms with Crippen LogP contribution in [0.15, 0.2) is 0 Å². The van der Waals surface area contributed by atoms with Crippen molar-refractivity contribution >= 4 is 17.7 Å². The minimum absolute atomic E-state index is 0.0502. The van der Waals surface area contributed by atoms with Gasteiger partial charge in [-0.05, 0) is 32.6 Å². The zero-order valence-corrected chi connectivity index (χ0v) is 11.0. The number of esters is 2. The van der Waals surface area contributed by atoms with E-state index in [1.165, 1.54) is 7.11 Å². The molecule has 0 aromatic rings. The summed E-state index contributed by atoms with van der Waals surface area (Å²) in [4.78, 5) is 34.9. The highest BCUT2D eigenvalue weighted by atomic mass is 16.5. The van der Waals surface area contributed by atoms with Gasteiger partial charge in [-0.1, -0.05) is 0 Å². The van der Waals surface area contributed by atoms with Crippen molar-refractivity contribution in [1.82, 2.24) is 0 Å². The molecule has 0 radical (unpaired) electrons. The maximum Gasteiger partial charge on any atom is 0.319 e. The van der Waals surface area contributed by atoms with E-state index in [1.807, 2.05) is 0 Å². The van der Waals surface area contributed by atoms with Crippen LogP contribution in [0.4, 0.5) is 0 Å². The van der Waals surface area contributed by atoms with E-state index in [2.05, 4.69) is 4.74 Å². The summed E-state index contributed by atoms with van der Waals surface area (Å²) < 4.78 is 9.55. The summed E-state index contributed by atoms with van der Waals surface area (Å²) in [7, 11) is 1.32. The number of carbonyl (C=O) groups is 3. The summed E-state index contributed by atoms with van der Waals surface area (Å²) in [5, 5.41) is 0. The summed E-state index contributed by atoms with van der Waals surface area (Å²) in [5.41, 5.74) is -1.01. The summed E-state index contributed by atoms with van der Waals surface area (Å²) in [6.45, 7) is 1.99. The lowest BCUT2D eigenvalue weighted by Crippen LogP contribution is -2.37. The highest BCUT2D eigenvalue weighted by Gasteiger charge is 2.49. The SMILES string of the molecule is CCOC(=O)[C@@]1(CCCC(=O)OC)CCCC1=O. The molecule has 1 aliphatic carbocycles. The van der Waals surface area contributed by atoms with Gasteiger partial charge < -0.3 is 9.47 Å². The van der Waals surface area contributed by atoms with Crippen LogP contribution < -0.4 is 0 Å². The van der Waals surface area contributed by atoms with Crippen molar-refractivity contribution in [2.45, 2.75) is 45.4 Å². The van der Waals surface area contributed by atoms with E-state index in [0.29, 0.717) is 25.7 Å². The third-order valence-electron chi connectivity index (χ3n) is 3.42. The first-order valence-corrected chi connectivity index (χ1v) is 6.34. The standard InChI is InChI=1S/C13H20O5/c1-3-18-12(16)13(8-4-6-10(13)14)9-5-7-11(15)17-2/h3-9H2,1-2H3/t13-/m1/s1. The molecule has 0 unspecified atom stereocenters. The molecule has 1 saturated carbocycles. The molecule has 5 nitrogen and oxygen atoms in total. The van der Waals surface area contributed by atoms with E-state index in [4.69, 9.17) is 4.74 Å². The first kappa shape index (κ1) is 14.7. The molecule has 0 bridgehead atoms. The van der Waals surface area contributed by atoms with Gasteiger partial charge in [0, 0.05) is 12.8 Å². The molecule has 0 heterocycles. The lowest BCUT2D eigenvalue weighted by molar-refractivity contribution is -0.159. The van der Waals surface area contributed by atoms with Crippen molar-refractivity contribution in [3.05, 3.63) is 0 Å². The predicted molar refractivity (Wildman–Crippen MR) is 63.8 cm³/mol. The molecule has 1 fully saturated rings. The third-order valence-corrected chi connectivity index (χ3v) is 3.42. The minimum Gasteiger partial charge on any atom is -0.469 e. The number of Topliss-reactive ketones (excluding diaryl/α,β-unsaturated/α-hetero) is 1. The molecule has 0 N–H and O–H groups in total. The maximum absolute atomic E-state index is 12.0. The Morgan fingerprint density at radius 2 is 2.11 bits per heavy atom. The maximum atomic E-state index is 12.0. The highest BCUT2D eigenvalue weighted by molar-refractivity contribution is 6.05. The van der Waals surface area contributed by atoms with E-state index >= 15 is 0 Å². The molecule has 18 heavy (non-hydrogen) atoms. The molecule has 0 spiro atoms. The summed E-state index contributed by atoms with van der Waals surface area (Å²) in [6.07, 6.45) is 2.75. The summed E-state index contributed by atoms with van der Waals surface area (Å²) >= 11 is 0. The van der Waals surface area contributed by atoms with Crippen molar-refractivity contribution in [1.29, 1.82) is 0 Å². The van der Waals surface area contributed by atoms with Crippen LogP contribution in [0, 0.1) is 5.41 Å². The van der Waals surface area contributed by atoms with Crippen LogP contribution in [0.5, 0.6) is 0 Å². The molecule has 0 amide bonds. The minimum atomic E-state index is -1.01. The molecular weight excluding hydrogens is 236 g/mol. The van der Waals surface area contributed by atoms with Gasteiger partial charge in [0.1, 0.15) is 11.2 Å². The summed E-state index contributed by atoms with van der Waals surface area (Å²) in [6, 6.07) is 0. The van der Waals surface area contributed by atoms with E-state index in [9.17, 15) is 14.4 Å². The zero-order chi connectivity index (χ0) is 13.6. The Balaban J connectivity index is 2.64. The van der Waals surface area contributed by atoms with Crippen molar-refractivity contribution in [3.63, 3.8) is 0 Å². The summed E-state index contributed by atoms with van der Waals surface area (Å²) in [5.74, 6) is -0.803. The van der Waals surface area contributed by atoms with E-state index in [0.717, 1.165) is 6.42 Å². The van der Waals surface area contributed by atoms with Gasteiger partial charge in [0.2, 0.25) is 0 Å². The van der Waals surface area contributed by atoms with Crippen molar-refractivity contribution in [2.75, 3.05) is 13.7 Å². The fraction of sp³-hybridized carbons (Fsp3) is 0.769. The van der Waals surface area contributed by atoms with Gasteiger partial charge in [-0.15, -0.1) is 0 Å². The Morgan fingerprint density at radius 1 is 1.39 bits per heavy atom. The Hall–Kier alpha value is -1.39. The van der Waals surface area contributed by atoms with Gasteiger partial charge in [0.25, 0.3) is 0 Å². The van der Waals surface area contributed by atoms with Crippen LogP contribution in [0.2, 0.25) is 0 Å². The van der Waals surface area contributed by atoms with Gasteiger partial charge in [-0.25, -0.2) is 0 Å². The van der Waals surface area contributed by atoms with E-state index in [-0.39, 0.29) is 24.8 Å². The number of hydrogen-bond acceptors (Lipinski definition) is 5. The van der Waals surface area contributed by atoms with Gasteiger partial charge in [0.05, 0.1) is 13.7 Å². The van der Waals surface area contributed by atoms with E-state index < -0.39 is 11.4 Å². The van der Waals surface area contributed by atoms with Crippen LogP contribution in [0.1, 0.15) is 45.4 Å². The largest absolute Gasteiger partial charge is 0.469 e. The second-order valence-electron chi connectivity index (χ2n) is 4.51. The van der Waals surface area contributed by atoms with Gasteiger partial charge in [-0.3, -0.25) is 14.4 Å². The number of ether oxygens (including phenoxy) is 2.